The Morgan fingerprint density at radius 2 is 1.81 bits per heavy atom. The molecule has 0 saturated carbocycles. The quantitative estimate of drug-likeness (QED) is 0.396. The van der Waals surface area contributed by atoms with Crippen molar-refractivity contribution < 1.29 is 18.7 Å². The summed E-state index contributed by atoms with van der Waals surface area (Å²) in [6.45, 7) is 1.10. The second kappa shape index (κ2) is 11.2. The standard InChI is InChI=1S/C28H29FN4O3/c1-33(2)16-18-7-10-22(11-8-18)31-27(26-23-12-9-21(29)14-24(23)32-28(26)35)20-6-4-5-19(13-20)15-30-25(34)17-36-3/h4-14,31H,15-17H2,1-3H3,(H,30,34)(H,32,35)/b27-26-. The lowest BCUT2D eigenvalue weighted by atomic mass is 9.98. The van der Waals surface area contributed by atoms with Crippen LogP contribution in [0.25, 0.3) is 11.3 Å². The Morgan fingerprint density at radius 3 is 2.53 bits per heavy atom. The summed E-state index contributed by atoms with van der Waals surface area (Å²) in [7, 11) is 5.49. The van der Waals surface area contributed by atoms with Crippen LogP contribution in [0.1, 0.15) is 22.3 Å². The van der Waals surface area contributed by atoms with E-state index in [1.54, 1.807) is 6.07 Å². The largest absolute Gasteiger partial charge is 0.375 e. The van der Waals surface area contributed by atoms with E-state index >= 15 is 0 Å². The van der Waals surface area contributed by atoms with Crippen LogP contribution >= 0.6 is 0 Å². The molecule has 1 heterocycles. The van der Waals surface area contributed by atoms with Gasteiger partial charge < -0.3 is 25.6 Å². The highest BCUT2D eigenvalue weighted by molar-refractivity contribution is 6.37. The van der Waals surface area contributed by atoms with Crippen molar-refractivity contribution in [1.82, 2.24) is 10.2 Å². The molecule has 0 aromatic heterocycles. The van der Waals surface area contributed by atoms with Crippen molar-refractivity contribution >= 4 is 34.5 Å². The lowest BCUT2D eigenvalue weighted by Gasteiger charge is -2.17. The third kappa shape index (κ3) is 5.97. The Bertz CT molecular complexity index is 1300. The molecule has 0 aliphatic carbocycles. The van der Waals surface area contributed by atoms with Gasteiger partial charge in [0.25, 0.3) is 5.91 Å². The molecular weight excluding hydrogens is 459 g/mol. The van der Waals surface area contributed by atoms with Gasteiger partial charge in [0.1, 0.15) is 12.4 Å². The number of benzene rings is 3. The average Bonchev–Trinajstić information content (AvgIpc) is 3.16. The van der Waals surface area contributed by atoms with Crippen molar-refractivity contribution in [3.63, 3.8) is 0 Å². The van der Waals surface area contributed by atoms with Gasteiger partial charge in [0.2, 0.25) is 5.91 Å². The number of methoxy groups -OCH3 is 1. The summed E-state index contributed by atoms with van der Waals surface area (Å²) in [6, 6.07) is 19.8. The van der Waals surface area contributed by atoms with Gasteiger partial charge in [-0.3, -0.25) is 9.59 Å². The number of anilines is 2. The van der Waals surface area contributed by atoms with E-state index in [1.165, 1.54) is 19.2 Å². The van der Waals surface area contributed by atoms with Gasteiger partial charge >= 0.3 is 0 Å². The monoisotopic (exact) mass is 488 g/mol. The fourth-order valence-corrected chi connectivity index (χ4v) is 4.09. The molecule has 3 N–H and O–H groups in total. The zero-order chi connectivity index (χ0) is 25.7. The van der Waals surface area contributed by atoms with E-state index in [4.69, 9.17) is 4.74 Å². The maximum atomic E-state index is 13.8. The minimum atomic E-state index is -0.421. The zero-order valence-corrected chi connectivity index (χ0v) is 20.5. The van der Waals surface area contributed by atoms with Gasteiger partial charge in [-0.2, -0.15) is 0 Å². The van der Waals surface area contributed by atoms with Crippen molar-refractivity contribution in [1.29, 1.82) is 0 Å². The first kappa shape index (κ1) is 25.1. The summed E-state index contributed by atoms with van der Waals surface area (Å²) in [4.78, 5) is 27.0. The van der Waals surface area contributed by atoms with Crippen molar-refractivity contribution in [2.75, 3.05) is 38.4 Å². The molecule has 1 aliphatic rings. The molecule has 0 spiro atoms. The second-order valence-electron chi connectivity index (χ2n) is 8.86. The molecular formula is C28H29FN4O3. The molecule has 0 radical (unpaired) electrons. The second-order valence-corrected chi connectivity index (χ2v) is 8.86. The molecule has 0 unspecified atom stereocenters. The van der Waals surface area contributed by atoms with Crippen LogP contribution in [-0.2, 0) is 27.4 Å². The van der Waals surface area contributed by atoms with E-state index in [2.05, 4.69) is 20.9 Å². The SMILES string of the molecule is COCC(=O)NCc1cccc(/C(Nc2ccc(CN(C)C)cc2)=C2/C(=O)Nc3cc(F)ccc32)c1. The highest BCUT2D eigenvalue weighted by Crippen LogP contribution is 2.38. The Kier molecular flexibility index (Phi) is 7.77. The molecule has 0 fully saturated rings. The van der Waals surface area contributed by atoms with Gasteiger partial charge in [0, 0.05) is 31.5 Å². The molecule has 186 valence electrons. The number of fused-ring (bicyclic) bond motifs is 1. The molecule has 8 heteroatoms. The summed E-state index contributed by atoms with van der Waals surface area (Å²) >= 11 is 0. The third-order valence-electron chi connectivity index (χ3n) is 5.68. The maximum absolute atomic E-state index is 13.8. The van der Waals surface area contributed by atoms with Crippen LogP contribution < -0.4 is 16.0 Å². The van der Waals surface area contributed by atoms with Gasteiger partial charge in [-0.15, -0.1) is 0 Å². The highest BCUT2D eigenvalue weighted by Gasteiger charge is 2.29. The summed E-state index contributed by atoms with van der Waals surface area (Å²) < 4.78 is 18.7. The van der Waals surface area contributed by atoms with Crippen LogP contribution in [0.3, 0.4) is 0 Å². The Morgan fingerprint density at radius 1 is 1.03 bits per heavy atom. The van der Waals surface area contributed by atoms with Gasteiger partial charge in [-0.25, -0.2) is 4.39 Å². The summed E-state index contributed by atoms with van der Waals surface area (Å²) in [5, 5.41) is 9.00. The minimum Gasteiger partial charge on any atom is -0.375 e. The third-order valence-corrected chi connectivity index (χ3v) is 5.68. The van der Waals surface area contributed by atoms with Crippen LogP contribution in [0.5, 0.6) is 0 Å². The predicted octanol–water partition coefficient (Wildman–Crippen LogP) is 4.08. The summed E-state index contributed by atoms with van der Waals surface area (Å²) in [6.07, 6.45) is 0. The first-order valence-electron chi connectivity index (χ1n) is 11.5. The van der Waals surface area contributed by atoms with E-state index in [0.29, 0.717) is 29.1 Å². The number of amides is 2. The molecule has 7 nitrogen and oxygen atoms in total. The van der Waals surface area contributed by atoms with Crippen LogP contribution in [0, 0.1) is 5.82 Å². The van der Waals surface area contributed by atoms with Gasteiger partial charge in [0.05, 0.1) is 17.0 Å². The van der Waals surface area contributed by atoms with Gasteiger partial charge in [-0.1, -0.05) is 30.3 Å². The highest BCUT2D eigenvalue weighted by atomic mass is 19.1. The molecule has 2 amide bonds. The fraction of sp³-hybridized carbons (Fsp3) is 0.214. The first-order valence-corrected chi connectivity index (χ1v) is 11.5. The Hall–Kier alpha value is -4.01. The molecule has 3 aromatic rings. The molecule has 3 aromatic carbocycles. The van der Waals surface area contributed by atoms with Crippen molar-refractivity contribution in [2.24, 2.45) is 0 Å². The van der Waals surface area contributed by atoms with E-state index in [1.807, 2.05) is 62.6 Å². The minimum absolute atomic E-state index is 0.0200. The van der Waals surface area contributed by atoms with Crippen LogP contribution in [0.4, 0.5) is 15.8 Å². The lowest BCUT2D eigenvalue weighted by Crippen LogP contribution is -2.26. The summed E-state index contributed by atoms with van der Waals surface area (Å²) in [5.41, 5.74) is 5.64. The zero-order valence-electron chi connectivity index (χ0n) is 20.5. The summed E-state index contributed by atoms with van der Waals surface area (Å²) in [5.74, 6) is -0.959. The Balaban J connectivity index is 1.74. The number of nitrogens with one attached hydrogen (secondary N) is 3. The number of rotatable bonds is 9. The topological polar surface area (TPSA) is 82.7 Å². The van der Waals surface area contributed by atoms with Crippen molar-refractivity contribution in [3.05, 3.63) is 94.8 Å². The molecule has 36 heavy (non-hydrogen) atoms. The normalized spacial score (nSPS) is 13.9. The number of ether oxygens (including phenoxy) is 1. The molecule has 1 aliphatic heterocycles. The number of hydrogen-bond acceptors (Lipinski definition) is 5. The molecule has 0 atom stereocenters. The predicted molar refractivity (Wildman–Crippen MR) is 139 cm³/mol. The van der Waals surface area contributed by atoms with Crippen molar-refractivity contribution in [2.45, 2.75) is 13.1 Å². The van der Waals surface area contributed by atoms with Crippen LogP contribution in [0.2, 0.25) is 0 Å². The van der Waals surface area contributed by atoms with Crippen LogP contribution in [0.15, 0.2) is 66.7 Å². The van der Waals surface area contributed by atoms with Gasteiger partial charge in [-0.05, 0) is 67.2 Å². The number of carbonyl (C=O) groups excluding carboxylic acids is 2. The number of halogens is 1. The number of carbonyl (C=O) groups is 2. The number of hydrogen-bond donors (Lipinski definition) is 3. The molecule has 0 saturated heterocycles. The smallest absolute Gasteiger partial charge is 0.258 e. The van der Waals surface area contributed by atoms with E-state index in [0.717, 1.165) is 28.9 Å². The number of nitrogens with zero attached hydrogens (tertiary/aromatic N) is 1. The lowest BCUT2D eigenvalue weighted by molar-refractivity contribution is -0.124. The molecule has 0 bridgehead atoms. The fourth-order valence-electron chi connectivity index (χ4n) is 4.09. The maximum Gasteiger partial charge on any atom is 0.258 e. The van der Waals surface area contributed by atoms with Gasteiger partial charge in [0.15, 0.2) is 0 Å². The van der Waals surface area contributed by atoms with E-state index in [9.17, 15) is 14.0 Å². The van der Waals surface area contributed by atoms with E-state index < -0.39 is 5.82 Å². The van der Waals surface area contributed by atoms with Crippen LogP contribution in [-0.4, -0.2) is 44.5 Å². The first-order chi connectivity index (χ1) is 17.3. The average molecular weight is 489 g/mol. The molecule has 4 rings (SSSR count). The van der Waals surface area contributed by atoms with Crippen molar-refractivity contribution in [3.8, 4) is 0 Å². The van der Waals surface area contributed by atoms with E-state index in [-0.39, 0.29) is 18.4 Å². The Labute approximate surface area is 210 Å².